The van der Waals surface area contributed by atoms with Crippen molar-refractivity contribution in [2.75, 3.05) is 0 Å². The zero-order valence-electron chi connectivity index (χ0n) is 12.1. The highest BCUT2D eigenvalue weighted by Gasteiger charge is 2.24. The van der Waals surface area contributed by atoms with Gasteiger partial charge in [-0.1, -0.05) is 0 Å². The summed E-state index contributed by atoms with van der Waals surface area (Å²) < 4.78 is 3.65. The highest BCUT2D eigenvalue weighted by molar-refractivity contribution is 5.99. The van der Waals surface area contributed by atoms with Crippen molar-refractivity contribution in [1.29, 1.82) is 0 Å². The summed E-state index contributed by atoms with van der Waals surface area (Å²) in [7, 11) is 0. The lowest BCUT2D eigenvalue weighted by molar-refractivity contribution is 0.0928. The first-order valence-electron chi connectivity index (χ1n) is 7.20. The molecule has 0 spiro atoms. The fourth-order valence-electron chi connectivity index (χ4n) is 2.83. The molecular formula is C14H15N7O. The van der Waals surface area contributed by atoms with Crippen LogP contribution in [0.4, 0.5) is 0 Å². The molecule has 0 bridgehead atoms. The van der Waals surface area contributed by atoms with Gasteiger partial charge >= 0.3 is 0 Å². The fraction of sp³-hybridized carbons (Fsp3) is 0.357. The van der Waals surface area contributed by atoms with E-state index in [1.54, 1.807) is 29.2 Å². The Morgan fingerprint density at radius 3 is 3.23 bits per heavy atom. The van der Waals surface area contributed by atoms with E-state index in [4.69, 9.17) is 0 Å². The topological polar surface area (TPSA) is 90.0 Å². The molecular weight excluding hydrogens is 282 g/mol. The van der Waals surface area contributed by atoms with Crippen LogP contribution in [0.15, 0.2) is 24.7 Å². The average molecular weight is 297 g/mol. The number of aryl methyl sites for hydroxylation is 2. The maximum Gasteiger partial charge on any atom is 0.257 e. The van der Waals surface area contributed by atoms with E-state index >= 15 is 0 Å². The van der Waals surface area contributed by atoms with Gasteiger partial charge in [0, 0.05) is 31.4 Å². The van der Waals surface area contributed by atoms with E-state index in [0.29, 0.717) is 17.8 Å². The first-order chi connectivity index (χ1) is 10.7. The van der Waals surface area contributed by atoms with Crippen molar-refractivity contribution in [3.8, 4) is 0 Å². The number of amides is 1. The minimum atomic E-state index is -0.145. The second-order valence-electron chi connectivity index (χ2n) is 5.43. The van der Waals surface area contributed by atoms with Crippen LogP contribution in [0.1, 0.15) is 28.4 Å². The predicted molar refractivity (Wildman–Crippen MR) is 77.3 cm³/mol. The smallest absolute Gasteiger partial charge is 0.257 e. The van der Waals surface area contributed by atoms with Crippen LogP contribution in [0.25, 0.3) is 5.65 Å². The van der Waals surface area contributed by atoms with Crippen molar-refractivity contribution in [1.82, 2.24) is 34.7 Å². The van der Waals surface area contributed by atoms with Crippen molar-refractivity contribution < 1.29 is 4.79 Å². The quantitative estimate of drug-likeness (QED) is 0.738. The summed E-state index contributed by atoms with van der Waals surface area (Å²) in [6.07, 6.45) is 6.65. The summed E-state index contributed by atoms with van der Waals surface area (Å²) in [4.78, 5) is 16.7. The average Bonchev–Trinajstić information content (AvgIpc) is 3.12. The van der Waals surface area contributed by atoms with Crippen LogP contribution in [0, 0.1) is 6.92 Å². The molecule has 1 aliphatic heterocycles. The number of aromatic nitrogens is 6. The highest BCUT2D eigenvalue weighted by atomic mass is 16.1. The fourth-order valence-corrected chi connectivity index (χ4v) is 2.83. The maximum atomic E-state index is 12.5. The summed E-state index contributed by atoms with van der Waals surface area (Å²) in [5.74, 6) is 1.72. The van der Waals surface area contributed by atoms with Gasteiger partial charge < -0.3 is 9.88 Å². The Morgan fingerprint density at radius 1 is 1.41 bits per heavy atom. The van der Waals surface area contributed by atoms with Crippen LogP contribution in [-0.4, -0.2) is 41.3 Å². The van der Waals surface area contributed by atoms with Crippen LogP contribution in [0.3, 0.4) is 0 Å². The summed E-state index contributed by atoms with van der Waals surface area (Å²) in [6.45, 7) is 2.63. The Bertz CT molecular complexity index is 850. The molecule has 4 rings (SSSR count). The molecule has 0 fully saturated rings. The van der Waals surface area contributed by atoms with E-state index in [9.17, 15) is 4.79 Å². The Labute approximate surface area is 126 Å². The first kappa shape index (κ1) is 12.9. The third kappa shape index (κ3) is 2.03. The van der Waals surface area contributed by atoms with E-state index < -0.39 is 0 Å². The zero-order chi connectivity index (χ0) is 15.1. The monoisotopic (exact) mass is 297 g/mol. The van der Waals surface area contributed by atoms with Gasteiger partial charge in [-0.3, -0.25) is 4.79 Å². The number of nitrogens with zero attached hydrogens (tertiary/aromatic N) is 6. The Balaban J connectivity index is 1.54. The number of hydrogen-bond donors (Lipinski definition) is 1. The second-order valence-corrected chi connectivity index (χ2v) is 5.43. The van der Waals surface area contributed by atoms with Crippen LogP contribution < -0.4 is 5.32 Å². The SMILES string of the molecule is Cc1nnc2n1CC(NC(=O)c1cnn3cccnc13)CC2. The van der Waals surface area contributed by atoms with Crippen molar-refractivity contribution in [2.45, 2.75) is 32.4 Å². The van der Waals surface area contributed by atoms with Gasteiger partial charge in [0.15, 0.2) is 5.65 Å². The number of hydrogen-bond acceptors (Lipinski definition) is 5. The molecule has 8 nitrogen and oxygen atoms in total. The van der Waals surface area contributed by atoms with Gasteiger partial charge in [0.05, 0.1) is 6.20 Å². The third-order valence-corrected chi connectivity index (χ3v) is 3.99. The molecule has 3 aromatic rings. The Hall–Kier alpha value is -2.77. The van der Waals surface area contributed by atoms with Gasteiger partial charge in [0.25, 0.3) is 5.91 Å². The second kappa shape index (κ2) is 4.90. The summed E-state index contributed by atoms with van der Waals surface area (Å²) >= 11 is 0. The van der Waals surface area contributed by atoms with E-state index in [2.05, 4.69) is 30.2 Å². The molecule has 1 aliphatic rings. The molecule has 0 aliphatic carbocycles. The Kier molecular flexibility index (Phi) is 2.88. The number of nitrogens with one attached hydrogen (secondary N) is 1. The lowest BCUT2D eigenvalue weighted by Gasteiger charge is -2.24. The van der Waals surface area contributed by atoms with Crippen molar-refractivity contribution in [2.24, 2.45) is 0 Å². The number of rotatable bonds is 2. The molecule has 0 saturated heterocycles. The lowest BCUT2D eigenvalue weighted by Crippen LogP contribution is -2.41. The normalized spacial score (nSPS) is 17.4. The highest BCUT2D eigenvalue weighted by Crippen LogP contribution is 2.15. The standard InChI is InChI=1S/C14H15N7O/c1-9-18-19-12-4-3-10(8-20(9)12)17-14(22)11-7-16-21-6-2-5-15-13(11)21/h2,5-7,10H,3-4,8H2,1H3,(H,17,22). The lowest BCUT2D eigenvalue weighted by atomic mass is 10.1. The number of fused-ring (bicyclic) bond motifs is 2. The molecule has 1 N–H and O–H groups in total. The van der Waals surface area contributed by atoms with Gasteiger partial charge in [-0.25, -0.2) is 9.50 Å². The van der Waals surface area contributed by atoms with Crippen molar-refractivity contribution in [3.63, 3.8) is 0 Å². The van der Waals surface area contributed by atoms with E-state index in [1.807, 2.05) is 6.92 Å². The summed E-state index contributed by atoms with van der Waals surface area (Å²) in [6, 6.07) is 1.84. The van der Waals surface area contributed by atoms with Crippen molar-refractivity contribution >= 4 is 11.6 Å². The molecule has 4 heterocycles. The molecule has 1 amide bonds. The molecule has 0 radical (unpaired) electrons. The van der Waals surface area contributed by atoms with Gasteiger partial charge in [-0.15, -0.1) is 10.2 Å². The molecule has 112 valence electrons. The molecule has 1 atom stereocenters. The molecule has 0 saturated carbocycles. The third-order valence-electron chi connectivity index (χ3n) is 3.99. The minimum Gasteiger partial charge on any atom is -0.347 e. The molecule has 3 aromatic heterocycles. The summed E-state index contributed by atoms with van der Waals surface area (Å²) in [5.41, 5.74) is 1.06. The van der Waals surface area contributed by atoms with Crippen LogP contribution in [0.2, 0.25) is 0 Å². The Morgan fingerprint density at radius 2 is 2.32 bits per heavy atom. The molecule has 8 heteroatoms. The number of carbonyl (C=O) groups is 1. The number of carbonyl (C=O) groups excluding carboxylic acids is 1. The molecule has 1 unspecified atom stereocenters. The maximum absolute atomic E-state index is 12.5. The van der Waals surface area contributed by atoms with Gasteiger partial charge in [-0.2, -0.15) is 5.10 Å². The van der Waals surface area contributed by atoms with Gasteiger partial charge in [-0.05, 0) is 19.4 Å². The van der Waals surface area contributed by atoms with Crippen molar-refractivity contribution in [3.05, 3.63) is 41.9 Å². The summed E-state index contributed by atoms with van der Waals surface area (Å²) in [5, 5.41) is 15.4. The van der Waals surface area contributed by atoms with Crippen LogP contribution >= 0.6 is 0 Å². The van der Waals surface area contributed by atoms with Crippen LogP contribution in [0.5, 0.6) is 0 Å². The zero-order valence-corrected chi connectivity index (χ0v) is 12.1. The van der Waals surface area contributed by atoms with E-state index in [0.717, 1.165) is 24.5 Å². The molecule has 0 aromatic carbocycles. The van der Waals surface area contributed by atoms with E-state index in [-0.39, 0.29) is 11.9 Å². The first-order valence-corrected chi connectivity index (χ1v) is 7.20. The van der Waals surface area contributed by atoms with E-state index in [1.165, 1.54) is 0 Å². The predicted octanol–water partition coefficient (Wildman–Crippen LogP) is 0.374. The molecule has 22 heavy (non-hydrogen) atoms. The van der Waals surface area contributed by atoms with Crippen LogP contribution in [-0.2, 0) is 13.0 Å². The van der Waals surface area contributed by atoms with Gasteiger partial charge in [0.2, 0.25) is 0 Å². The minimum absolute atomic E-state index is 0.0633. The largest absolute Gasteiger partial charge is 0.347 e. The van der Waals surface area contributed by atoms with Gasteiger partial charge in [0.1, 0.15) is 17.2 Å².